The summed E-state index contributed by atoms with van der Waals surface area (Å²) in [6.07, 6.45) is 1.26. The predicted octanol–water partition coefficient (Wildman–Crippen LogP) is 2.54. The quantitative estimate of drug-likeness (QED) is 0.851. The van der Waals surface area contributed by atoms with Crippen molar-refractivity contribution in [2.75, 3.05) is 37.7 Å². The molecule has 7 nitrogen and oxygen atoms in total. The van der Waals surface area contributed by atoms with Crippen LogP contribution in [-0.4, -0.2) is 61.3 Å². The molecule has 2 amide bonds. The highest BCUT2D eigenvalue weighted by atomic mass is 19.1. The van der Waals surface area contributed by atoms with Crippen LogP contribution in [0.5, 0.6) is 5.75 Å². The first kappa shape index (κ1) is 20.4. The number of anilines is 1. The Labute approximate surface area is 164 Å². The number of hydrogen-bond donors (Lipinski definition) is 1. The lowest BCUT2D eigenvalue weighted by Gasteiger charge is -2.35. The van der Waals surface area contributed by atoms with E-state index in [-0.39, 0.29) is 24.6 Å². The van der Waals surface area contributed by atoms with Crippen molar-refractivity contribution < 1.29 is 23.5 Å². The number of amides is 2. The SMILES string of the molecule is CC(C)(C)OC(=O)NC1CCN(CCN2C(=O)COc3ccc(F)cc32)CC1. The highest BCUT2D eigenvalue weighted by molar-refractivity contribution is 5.97. The maximum Gasteiger partial charge on any atom is 0.407 e. The van der Waals surface area contributed by atoms with Gasteiger partial charge in [-0.1, -0.05) is 0 Å². The molecule has 0 spiro atoms. The molecule has 2 aliphatic heterocycles. The van der Waals surface area contributed by atoms with Crippen LogP contribution in [0.3, 0.4) is 0 Å². The molecular formula is C20H28FN3O4. The van der Waals surface area contributed by atoms with Crippen molar-refractivity contribution in [3.05, 3.63) is 24.0 Å². The smallest absolute Gasteiger partial charge is 0.407 e. The second-order valence-electron chi connectivity index (χ2n) is 8.21. The Balaban J connectivity index is 1.48. The zero-order chi connectivity index (χ0) is 20.3. The number of carbonyl (C=O) groups excluding carboxylic acids is 2. The third kappa shape index (κ3) is 5.34. The van der Waals surface area contributed by atoms with E-state index in [9.17, 15) is 14.0 Å². The van der Waals surface area contributed by atoms with Gasteiger partial charge in [0.2, 0.25) is 0 Å². The Morgan fingerprint density at radius 3 is 2.68 bits per heavy atom. The van der Waals surface area contributed by atoms with E-state index in [1.165, 1.54) is 12.1 Å². The first-order chi connectivity index (χ1) is 13.2. The van der Waals surface area contributed by atoms with Gasteiger partial charge in [-0.2, -0.15) is 0 Å². The summed E-state index contributed by atoms with van der Waals surface area (Å²) in [4.78, 5) is 27.9. The maximum absolute atomic E-state index is 13.6. The average Bonchev–Trinajstić information content (AvgIpc) is 2.60. The fourth-order valence-electron chi connectivity index (χ4n) is 3.44. The number of nitrogens with zero attached hydrogens (tertiary/aromatic N) is 2. The number of fused-ring (bicyclic) bond motifs is 1. The number of halogens is 1. The number of hydrogen-bond acceptors (Lipinski definition) is 5. The van der Waals surface area contributed by atoms with E-state index in [1.54, 1.807) is 11.0 Å². The highest BCUT2D eigenvalue weighted by Crippen LogP contribution is 2.32. The van der Waals surface area contributed by atoms with Crippen LogP contribution in [0, 0.1) is 5.82 Å². The van der Waals surface area contributed by atoms with Crippen LogP contribution >= 0.6 is 0 Å². The molecule has 1 N–H and O–H groups in total. The number of benzene rings is 1. The molecule has 2 heterocycles. The molecule has 1 fully saturated rings. The molecule has 8 heteroatoms. The monoisotopic (exact) mass is 393 g/mol. The number of ether oxygens (including phenoxy) is 2. The minimum absolute atomic E-state index is 0.0273. The van der Waals surface area contributed by atoms with E-state index >= 15 is 0 Å². The summed E-state index contributed by atoms with van der Waals surface area (Å²) in [6.45, 7) is 8.28. The summed E-state index contributed by atoms with van der Waals surface area (Å²) in [6, 6.07) is 4.31. The molecule has 0 aromatic heterocycles. The van der Waals surface area contributed by atoms with E-state index in [2.05, 4.69) is 10.2 Å². The number of rotatable bonds is 4. The van der Waals surface area contributed by atoms with E-state index in [0.29, 0.717) is 24.5 Å². The highest BCUT2D eigenvalue weighted by Gasteiger charge is 2.28. The first-order valence-corrected chi connectivity index (χ1v) is 9.66. The van der Waals surface area contributed by atoms with Gasteiger partial charge in [0.05, 0.1) is 5.69 Å². The number of carbonyl (C=O) groups is 2. The average molecular weight is 393 g/mol. The summed E-state index contributed by atoms with van der Waals surface area (Å²) in [7, 11) is 0. The normalized spacial score (nSPS) is 18.4. The predicted molar refractivity (Wildman–Crippen MR) is 103 cm³/mol. The molecule has 3 rings (SSSR count). The van der Waals surface area contributed by atoms with E-state index in [0.717, 1.165) is 25.9 Å². The van der Waals surface area contributed by atoms with Crippen molar-refractivity contribution in [3.8, 4) is 5.75 Å². The molecular weight excluding hydrogens is 365 g/mol. The first-order valence-electron chi connectivity index (χ1n) is 9.66. The zero-order valence-electron chi connectivity index (χ0n) is 16.7. The molecule has 0 radical (unpaired) electrons. The van der Waals surface area contributed by atoms with Crippen LogP contribution in [-0.2, 0) is 9.53 Å². The zero-order valence-corrected chi connectivity index (χ0v) is 16.7. The summed E-state index contributed by atoms with van der Waals surface area (Å²) < 4.78 is 24.3. The van der Waals surface area contributed by atoms with Gasteiger partial charge >= 0.3 is 6.09 Å². The van der Waals surface area contributed by atoms with Gasteiger partial charge in [0.1, 0.15) is 17.2 Å². The van der Waals surface area contributed by atoms with Crippen molar-refractivity contribution >= 4 is 17.7 Å². The minimum atomic E-state index is -0.509. The molecule has 1 aromatic rings. The molecule has 0 bridgehead atoms. The van der Waals surface area contributed by atoms with Crippen molar-refractivity contribution in [1.29, 1.82) is 0 Å². The van der Waals surface area contributed by atoms with Crippen molar-refractivity contribution in [2.24, 2.45) is 0 Å². The van der Waals surface area contributed by atoms with E-state index in [1.807, 2.05) is 20.8 Å². The number of piperidine rings is 1. The molecule has 0 unspecified atom stereocenters. The summed E-state index contributed by atoms with van der Waals surface area (Å²) in [5, 5.41) is 2.92. The molecule has 1 saturated heterocycles. The number of nitrogens with one attached hydrogen (secondary N) is 1. The Kier molecular flexibility index (Phi) is 6.07. The molecule has 0 saturated carbocycles. The third-order valence-corrected chi connectivity index (χ3v) is 4.81. The lowest BCUT2D eigenvalue weighted by atomic mass is 10.1. The molecule has 0 aliphatic carbocycles. The van der Waals surface area contributed by atoms with Gasteiger partial charge in [-0.05, 0) is 45.7 Å². The van der Waals surface area contributed by atoms with Crippen molar-refractivity contribution in [2.45, 2.75) is 45.3 Å². The summed E-state index contributed by atoms with van der Waals surface area (Å²) in [5.74, 6) is -0.0306. The Morgan fingerprint density at radius 1 is 1.29 bits per heavy atom. The Morgan fingerprint density at radius 2 is 2.00 bits per heavy atom. The van der Waals surface area contributed by atoms with Gasteiger partial charge in [0, 0.05) is 38.3 Å². The number of likely N-dealkylation sites (tertiary alicyclic amines) is 1. The Bertz CT molecular complexity index is 727. The van der Waals surface area contributed by atoms with Gasteiger partial charge < -0.3 is 24.6 Å². The maximum atomic E-state index is 13.6. The van der Waals surface area contributed by atoms with Crippen LogP contribution in [0.15, 0.2) is 18.2 Å². The lowest BCUT2D eigenvalue weighted by Crippen LogP contribution is -2.48. The second kappa shape index (κ2) is 8.34. The van der Waals surface area contributed by atoms with Crippen LogP contribution in [0.2, 0.25) is 0 Å². The topological polar surface area (TPSA) is 71.1 Å². The van der Waals surface area contributed by atoms with Crippen LogP contribution in [0.4, 0.5) is 14.9 Å². The number of alkyl carbamates (subject to hydrolysis) is 1. The van der Waals surface area contributed by atoms with E-state index in [4.69, 9.17) is 9.47 Å². The molecule has 28 heavy (non-hydrogen) atoms. The molecule has 0 atom stereocenters. The molecule has 154 valence electrons. The Hall–Kier alpha value is -2.35. The van der Waals surface area contributed by atoms with Gasteiger partial charge in [0.15, 0.2) is 6.61 Å². The molecule has 1 aromatic carbocycles. The fourth-order valence-corrected chi connectivity index (χ4v) is 3.44. The lowest BCUT2D eigenvalue weighted by molar-refractivity contribution is -0.121. The summed E-state index contributed by atoms with van der Waals surface area (Å²) >= 11 is 0. The van der Waals surface area contributed by atoms with Gasteiger partial charge in [-0.3, -0.25) is 4.79 Å². The third-order valence-electron chi connectivity index (χ3n) is 4.81. The van der Waals surface area contributed by atoms with Crippen molar-refractivity contribution in [3.63, 3.8) is 0 Å². The standard InChI is InChI=1S/C20H28FN3O4/c1-20(2,3)28-19(26)22-15-6-8-23(9-7-15)10-11-24-16-12-14(21)4-5-17(16)27-13-18(24)25/h4-5,12,15H,6-11,13H2,1-3H3,(H,22,26). The van der Waals surface area contributed by atoms with Crippen LogP contribution in [0.1, 0.15) is 33.6 Å². The minimum Gasteiger partial charge on any atom is -0.482 e. The van der Waals surface area contributed by atoms with Crippen molar-refractivity contribution in [1.82, 2.24) is 10.2 Å². The largest absolute Gasteiger partial charge is 0.482 e. The van der Waals surface area contributed by atoms with Crippen LogP contribution < -0.4 is 15.0 Å². The second-order valence-corrected chi connectivity index (χ2v) is 8.21. The summed E-state index contributed by atoms with van der Waals surface area (Å²) in [5.41, 5.74) is -0.0247. The fraction of sp³-hybridized carbons (Fsp3) is 0.600. The van der Waals surface area contributed by atoms with E-state index < -0.39 is 11.4 Å². The molecule has 2 aliphatic rings. The van der Waals surface area contributed by atoms with Gasteiger partial charge in [0.25, 0.3) is 5.91 Å². The van der Waals surface area contributed by atoms with Gasteiger partial charge in [-0.15, -0.1) is 0 Å². The van der Waals surface area contributed by atoms with Gasteiger partial charge in [-0.25, -0.2) is 9.18 Å². The van der Waals surface area contributed by atoms with Crippen LogP contribution in [0.25, 0.3) is 0 Å².